The normalized spacial score (nSPS) is 11.7. The van der Waals surface area contributed by atoms with Crippen LogP contribution in [0.3, 0.4) is 0 Å². The summed E-state index contributed by atoms with van der Waals surface area (Å²) in [5.74, 6) is -0.776. The highest BCUT2D eigenvalue weighted by Crippen LogP contribution is 2.29. The zero-order valence-electron chi connectivity index (χ0n) is 21.3. The number of rotatable bonds is 12. The van der Waals surface area contributed by atoms with Gasteiger partial charge in [-0.15, -0.1) is 0 Å². The third-order valence-corrected chi connectivity index (χ3v) is 6.53. The van der Waals surface area contributed by atoms with Gasteiger partial charge in [0.15, 0.2) is 0 Å². The number of ether oxygens (including phenoxy) is 1. The van der Waals surface area contributed by atoms with Gasteiger partial charge in [-0.2, -0.15) is 0 Å². The highest BCUT2D eigenvalue weighted by Gasteiger charge is 2.21. The van der Waals surface area contributed by atoms with E-state index in [-0.39, 0.29) is 18.9 Å². The standard InChI is InChI=1S/C31H33N3O4/c32-30(36)28(20-27-25-15-8-6-13-23(25)19-24-14-7-9-16-26(24)27)34-29(35)17-5-2-10-18-33-31(37)38-21-22-11-3-1-4-12-22/h1,3-4,6-9,11-16,19,28H,2,5,10,17-18,20-21H2,(H2,32,36)(H,33,37)(H,34,35)/t28-/m1/s1. The maximum absolute atomic E-state index is 12.6. The van der Waals surface area contributed by atoms with Crippen LogP contribution in [0.15, 0.2) is 84.9 Å². The van der Waals surface area contributed by atoms with E-state index in [2.05, 4.69) is 16.7 Å². The molecule has 0 aromatic heterocycles. The molecule has 196 valence electrons. The minimum absolute atomic E-state index is 0.214. The predicted molar refractivity (Wildman–Crippen MR) is 149 cm³/mol. The predicted octanol–water partition coefficient (Wildman–Crippen LogP) is 4.99. The molecule has 0 unspecified atom stereocenters. The topological polar surface area (TPSA) is 111 Å². The molecule has 0 aliphatic rings. The van der Waals surface area contributed by atoms with Crippen LogP contribution in [0.25, 0.3) is 21.5 Å². The van der Waals surface area contributed by atoms with Gasteiger partial charge in [0.2, 0.25) is 11.8 Å². The van der Waals surface area contributed by atoms with E-state index in [4.69, 9.17) is 10.5 Å². The van der Waals surface area contributed by atoms with E-state index < -0.39 is 18.0 Å². The number of primary amides is 1. The molecule has 7 nitrogen and oxygen atoms in total. The fraction of sp³-hybridized carbons (Fsp3) is 0.258. The van der Waals surface area contributed by atoms with Crippen molar-refractivity contribution in [2.45, 2.75) is 44.8 Å². The van der Waals surface area contributed by atoms with E-state index in [1.807, 2.05) is 78.9 Å². The minimum atomic E-state index is -0.808. The Balaban J connectivity index is 1.24. The largest absolute Gasteiger partial charge is 0.445 e. The molecule has 7 heteroatoms. The molecule has 0 saturated heterocycles. The third kappa shape index (κ3) is 7.32. The van der Waals surface area contributed by atoms with Gasteiger partial charge in [-0.3, -0.25) is 9.59 Å². The van der Waals surface area contributed by atoms with Gasteiger partial charge in [0.25, 0.3) is 0 Å². The summed E-state index contributed by atoms with van der Waals surface area (Å²) in [6.45, 7) is 0.690. The zero-order chi connectivity index (χ0) is 26.7. The average Bonchev–Trinajstić information content (AvgIpc) is 2.93. The van der Waals surface area contributed by atoms with Gasteiger partial charge in [-0.1, -0.05) is 85.3 Å². The van der Waals surface area contributed by atoms with Crippen LogP contribution in [0.5, 0.6) is 0 Å². The van der Waals surface area contributed by atoms with Crippen LogP contribution >= 0.6 is 0 Å². The average molecular weight is 512 g/mol. The van der Waals surface area contributed by atoms with E-state index in [1.165, 1.54) is 0 Å². The lowest BCUT2D eigenvalue weighted by atomic mass is 9.92. The number of hydrogen-bond donors (Lipinski definition) is 3. The highest BCUT2D eigenvalue weighted by atomic mass is 16.5. The van der Waals surface area contributed by atoms with Crippen molar-refractivity contribution < 1.29 is 19.1 Å². The summed E-state index contributed by atoms with van der Waals surface area (Å²) < 4.78 is 5.18. The number of fused-ring (bicyclic) bond motifs is 2. The van der Waals surface area contributed by atoms with E-state index in [1.54, 1.807) is 0 Å². The molecular weight excluding hydrogens is 478 g/mol. The van der Waals surface area contributed by atoms with Crippen molar-refractivity contribution in [3.05, 3.63) is 96.1 Å². The summed E-state index contributed by atoms with van der Waals surface area (Å²) >= 11 is 0. The van der Waals surface area contributed by atoms with Gasteiger partial charge in [-0.05, 0) is 51.6 Å². The molecule has 0 aliphatic carbocycles. The van der Waals surface area contributed by atoms with Gasteiger partial charge in [0, 0.05) is 19.4 Å². The molecule has 4 rings (SSSR count). The first-order valence-corrected chi connectivity index (χ1v) is 12.9. The molecule has 4 aromatic rings. The molecule has 0 aliphatic heterocycles. The molecule has 0 heterocycles. The molecule has 0 fully saturated rings. The first kappa shape index (κ1) is 26.7. The number of amides is 3. The number of nitrogens with two attached hydrogens (primary N) is 1. The lowest BCUT2D eigenvalue weighted by molar-refractivity contribution is -0.127. The van der Waals surface area contributed by atoms with E-state index in [9.17, 15) is 14.4 Å². The van der Waals surface area contributed by atoms with Crippen molar-refractivity contribution in [3.8, 4) is 0 Å². The summed E-state index contributed by atoms with van der Waals surface area (Å²) in [4.78, 5) is 36.7. The van der Waals surface area contributed by atoms with Crippen LogP contribution < -0.4 is 16.4 Å². The summed E-state index contributed by atoms with van der Waals surface area (Å²) in [5.41, 5.74) is 7.62. The lowest BCUT2D eigenvalue weighted by Gasteiger charge is -2.19. The van der Waals surface area contributed by atoms with Crippen LogP contribution in [0, 0.1) is 0 Å². The number of hydrogen-bond acceptors (Lipinski definition) is 4. The summed E-state index contributed by atoms with van der Waals surface area (Å²) in [7, 11) is 0. The molecule has 4 N–H and O–H groups in total. The first-order chi connectivity index (χ1) is 18.5. The quantitative estimate of drug-likeness (QED) is 0.184. The third-order valence-electron chi connectivity index (χ3n) is 6.53. The molecule has 38 heavy (non-hydrogen) atoms. The number of benzene rings is 4. The maximum Gasteiger partial charge on any atom is 0.407 e. The van der Waals surface area contributed by atoms with Gasteiger partial charge < -0.3 is 21.1 Å². The van der Waals surface area contributed by atoms with Crippen molar-refractivity contribution in [3.63, 3.8) is 0 Å². The second-order valence-corrected chi connectivity index (χ2v) is 9.32. The Bertz CT molecular complexity index is 1350. The number of alkyl carbamates (subject to hydrolysis) is 1. The van der Waals surface area contributed by atoms with Crippen molar-refractivity contribution in [2.24, 2.45) is 5.73 Å². The fourth-order valence-electron chi connectivity index (χ4n) is 4.57. The molecule has 0 bridgehead atoms. The summed E-state index contributed by atoms with van der Waals surface area (Å²) in [5, 5.41) is 9.79. The van der Waals surface area contributed by atoms with Crippen molar-refractivity contribution >= 4 is 39.5 Å². The zero-order valence-corrected chi connectivity index (χ0v) is 21.3. The monoisotopic (exact) mass is 511 g/mol. The van der Waals surface area contributed by atoms with Gasteiger partial charge in [0.05, 0.1) is 0 Å². The number of unbranched alkanes of at least 4 members (excludes halogenated alkanes) is 2. The molecule has 0 saturated carbocycles. The Morgan fingerprint density at radius 3 is 2.08 bits per heavy atom. The number of nitrogens with one attached hydrogen (secondary N) is 2. The Hall–Kier alpha value is -4.39. The van der Waals surface area contributed by atoms with E-state index >= 15 is 0 Å². The maximum atomic E-state index is 12.6. The number of carbonyl (C=O) groups is 3. The lowest BCUT2D eigenvalue weighted by Crippen LogP contribution is -2.45. The van der Waals surface area contributed by atoms with Gasteiger partial charge in [-0.25, -0.2) is 4.79 Å². The Morgan fingerprint density at radius 1 is 0.789 bits per heavy atom. The molecular formula is C31H33N3O4. The summed E-state index contributed by atoms with van der Waals surface area (Å²) in [6.07, 6.45) is 2.24. The first-order valence-electron chi connectivity index (χ1n) is 12.9. The van der Waals surface area contributed by atoms with Gasteiger partial charge in [0.1, 0.15) is 12.6 Å². The van der Waals surface area contributed by atoms with Crippen LogP contribution in [-0.4, -0.2) is 30.5 Å². The highest BCUT2D eigenvalue weighted by molar-refractivity contribution is 6.03. The van der Waals surface area contributed by atoms with E-state index in [0.717, 1.165) is 45.5 Å². The molecule has 1 atom stereocenters. The van der Waals surface area contributed by atoms with Crippen LogP contribution in [0.2, 0.25) is 0 Å². The minimum Gasteiger partial charge on any atom is -0.445 e. The Labute approximate surface area is 222 Å². The summed E-state index contributed by atoms with van der Waals surface area (Å²) in [6, 6.07) is 26.9. The Kier molecular flexibility index (Phi) is 9.29. The van der Waals surface area contributed by atoms with Crippen LogP contribution in [0.1, 0.15) is 36.8 Å². The second kappa shape index (κ2) is 13.2. The molecule has 0 spiro atoms. The molecule has 4 aromatic carbocycles. The molecule has 0 radical (unpaired) electrons. The van der Waals surface area contributed by atoms with E-state index in [0.29, 0.717) is 19.4 Å². The van der Waals surface area contributed by atoms with Crippen LogP contribution in [0.4, 0.5) is 4.79 Å². The van der Waals surface area contributed by atoms with Crippen molar-refractivity contribution in [1.29, 1.82) is 0 Å². The van der Waals surface area contributed by atoms with Crippen LogP contribution in [-0.2, 0) is 27.4 Å². The van der Waals surface area contributed by atoms with Gasteiger partial charge >= 0.3 is 6.09 Å². The fourth-order valence-corrected chi connectivity index (χ4v) is 4.57. The SMILES string of the molecule is NC(=O)[C@@H](Cc1c2ccccc2cc2ccccc12)NC(=O)CCCCCNC(=O)OCc1ccccc1. The van der Waals surface area contributed by atoms with Crippen molar-refractivity contribution in [1.82, 2.24) is 10.6 Å². The second-order valence-electron chi connectivity index (χ2n) is 9.32. The number of carbonyl (C=O) groups excluding carboxylic acids is 3. The Morgan fingerprint density at radius 2 is 1.42 bits per heavy atom. The smallest absolute Gasteiger partial charge is 0.407 e. The molecule has 3 amide bonds. The van der Waals surface area contributed by atoms with Crippen molar-refractivity contribution in [2.75, 3.05) is 6.54 Å².